The highest BCUT2D eigenvalue weighted by molar-refractivity contribution is 5.62. The molecule has 326 valence electrons. The monoisotopic (exact) mass is 837 g/mol. The van der Waals surface area contributed by atoms with E-state index in [0.717, 1.165) is 39.3 Å². The summed E-state index contributed by atoms with van der Waals surface area (Å²) >= 11 is 0. The van der Waals surface area contributed by atoms with Crippen LogP contribution >= 0.6 is 0 Å². The van der Waals surface area contributed by atoms with Gasteiger partial charge in [0.15, 0.2) is 87.5 Å². The fourth-order valence-corrected chi connectivity index (χ4v) is 8.39. The Bertz CT molecular complexity index is 1930. The van der Waals surface area contributed by atoms with Crippen molar-refractivity contribution in [3.63, 3.8) is 0 Å². The number of pyridine rings is 6. The second-order valence-corrected chi connectivity index (χ2v) is 17.2. The average Bonchev–Trinajstić information content (AvgIpc) is 3.32. The van der Waals surface area contributed by atoms with Gasteiger partial charge >= 0.3 is 0 Å². The van der Waals surface area contributed by atoms with Crippen LogP contribution in [-0.2, 0) is 39.3 Å². The van der Waals surface area contributed by atoms with Crippen LogP contribution in [0.15, 0.2) is 147 Å². The molecule has 62 heavy (non-hydrogen) atoms. The maximum atomic E-state index is 5.67. The lowest BCUT2D eigenvalue weighted by Gasteiger charge is -2.04. The molecule has 6 aromatic heterocycles. The normalized spacial score (nSPS) is 11.3. The van der Waals surface area contributed by atoms with Crippen LogP contribution in [-0.4, -0.2) is 13.1 Å². The molecule has 6 aromatic rings. The Balaban J connectivity index is 0.732. The molecule has 0 aromatic carbocycles. The molecule has 6 rings (SSSR count). The molecule has 8 nitrogen and oxygen atoms in total. The lowest BCUT2D eigenvalue weighted by atomic mass is 10.1. The number of aryl methyl sites for hydroxylation is 4. The van der Waals surface area contributed by atoms with Crippen molar-refractivity contribution in [2.45, 2.75) is 142 Å². The number of rotatable bonds is 29. The van der Waals surface area contributed by atoms with Crippen molar-refractivity contribution in [3.05, 3.63) is 147 Å². The van der Waals surface area contributed by atoms with E-state index >= 15 is 0 Å². The first-order valence-electron chi connectivity index (χ1n) is 24.0. The first-order chi connectivity index (χ1) is 30.7. The van der Waals surface area contributed by atoms with Gasteiger partial charge in [0.25, 0.3) is 0 Å². The summed E-state index contributed by atoms with van der Waals surface area (Å²) in [6.45, 7) is 7.43. The van der Waals surface area contributed by atoms with Gasteiger partial charge in [-0.3, -0.25) is 0 Å². The first-order valence-corrected chi connectivity index (χ1v) is 24.0. The fraction of sp³-hybridized carbons (Fsp3) is 0.444. The van der Waals surface area contributed by atoms with Crippen molar-refractivity contribution in [3.8, 4) is 33.4 Å². The predicted molar refractivity (Wildman–Crippen MR) is 249 cm³/mol. The van der Waals surface area contributed by atoms with Crippen LogP contribution in [0.3, 0.4) is 0 Å². The number of nitrogens with zero attached hydrogens (tertiary/aromatic N) is 6. The summed E-state index contributed by atoms with van der Waals surface area (Å²) in [5.41, 5.74) is 18.9. The summed E-state index contributed by atoms with van der Waals surface area (Å²) in [6.07, 6.45) is 47.4. The van der Waals surface area contributed by atoms with Gasteiger partial charge in [-0.1, -0.05) is 51.4 Å². The van der Waals surface area contributed by atoms with E-state index < -0.39 is 0 Å². The summed E-state index contributed by atoms with van der Waals surface area (Å²) in [7, 11) is 0. The van der Waals surface area contributed by atoms with Crippen LogP contribution in [0.5, 0.6) is 0 Å². The van der Waals surface area contributed by atoms with Gasteiger partial charge in [-0.05, 0) is 59.1 Å². The van der Waals surface area contributed by atoms with Gasteiger partial charge in [-0.15, -0.1) is 0 Å². The molecule has 0 aliphatic rings. The number of unbranched alkanes of at least 4 members (excludes halogenated alkanes) is 14. The van der Waals surface area contributed by atoms with Crippen LogP contribution in [0.2, 0.25) is 0 Å². The van der Waals surface area contributed by atoms with Crippen molar-refractivity contribution >= 4 is 0 Å². The molecular weight excluding hydrogens is 761 g/mol. The highest BCUT2D eigenvalue weighted by atomic mass is 15.0. The van der Waals surface area contributed by atoms with E-state index in [1.807, 2.05) is 0 Å². The minimum atomic E-state index is 0.663. The van der Waals surface area contributed by atoms with E-state index in [9.17, 15) is 0 Å². The quantitative estimate of drug-likeness (QED) is 0.0372. The van der Waals surface area contributed by atoms with Crippen molar-refractivity contribution < 1.29 is 27.4 Å². The topological polar surface area (TPSA) is 75.3 Å². The van der Waals surface area contributed by atoms with E-state index in [2.05, 4.69) is 175 Å². The zero-order valence-electron chi connectivity index (χ0n) is 37.7. The Morgan fingerprint density at radius 2 is 0.355 bits per heavy atom. The first kappa shape index (κ1) is 46.3. The lowest BCUT2D eigenvalue weighted by molar-refractivity contribution is -0.697. The van der Waals surface area contributed by atoms with Crippen LogP contribution in [0.4, 0.5) is 0 Å². The summed E-state index contributed by atoms with van der Waals surface area (Å²) in [5, 5.41) is 0. The summed E-state index contributed by atoms with van der Waals surface area (Å²) in [5.74, 6) is 0. The molecule has 0 amide bonds. The Morgan fingerprint density at radius 1 is 0.210 bits per heavy atom. The Labute approximate surface area is 373 Å². The second kappa shape index (κ2) is 27.0. The van der Waals surface area contributed by atoms with Gasteiger partial charge in [-0.25, -0.2) is 27.4 Å². The van der Waals surface area contributed by atoms with E-state index in [-0.39, 0.29) is 0 Å². The number of hydrogen-bond acceptors (Lipinski definition) is 2. The van der Waals surface area contributed by atoms with E-state index in [0.29, 0.717) is 13.1 Å². The summed E-state index contributed by atoms with van der Waals surface area (Å²) in [4.78, 5) is 0. The number of hydrogen-bond donors (Lipinski definition) is 2. The molecule has 0 spiro atoms. The van der Waals surface area contributed by atoms with Crippen molar-refractivity contribution in [2.75, 3.05) is 13.1 Å². The molecule has 0 saturated carbocycles. The second-order valence-electron chi connectivity index (χ2n) is 17.2. The molecule has 0 bridgehead atoms. The third-order valence-electron chi connectivity index (χ3n) is 12.3. The molecular formula is C54H76N8+6. The van der Waals surface area contributed by atoms with Crippen LogP contribution < -0.4 is 38.9 Å². The molecule has 0 radical (unpaired) electrons. The molecule has 6 heterocycles. The zero-order chi connectivity index (χ0) is 42.9. The SMILES string of the molecule is NCC[n+]1ccc(-c2cc[n+](CCCCCCCCCC[n+]3ccc(-c4cc[n+](CCCCCCCCCC[n+]5ccc(-c6cc[n+](CCN)cc6)cc5)cc4)cc3)cc2)cc1. The summed E-state index contributed by atoms with van der Waals surface area (Å²) in [6, 6.07) is 26.7. The van der Waals surface area contributed by atoms with Crippen molar-refractivity contribution in [2.24, 2.45) is 11.5 Å². The summed E-state index contributed by atoms with van der Waals surface area (Å²) < 4.78 is 13.6. The molecule has 0 aliphatic heterocycles. The standard InChI is InChI=1S/C54H76N8/c55-29-47-61-43-25-53(26-44-61)51-21-39-59(40-22-51)33-15-11-7-3-1-5-9-13-31-57-35-17-49(18-36-57)50-19-37-58(38-20-50)32-14-10-6-2-4-8-12-16-34-60-41-23-52(24-42-60)54-27-45-62(46-28-54)48-30-56/h17-28,35-46H,1-16,29-34,47-48,55-56H2/q+6. The maximum Gasteiger partial charge on any atom is 0.169 e. The molecule has 0 unspecified atom stereocenters. The smallest absolute Gasteiger partial charge is 0.169 e. The van der Waals surface area contributed by atoms with Crippen LogP contribution in [0, 0.1) is 0 Å². The fourth-order valence-electron chi connectivity index (χ4n) is 8.39. The lowest BCUT2D eigenvalue weighted by Crippen LogP contribution is -2.36. The average molecular weight is 837 g/mol. The predicted octanol–water partition coefficient (Wildman–Crippen LogP) is 7.97. The van der Waals surface area contributed by atoms with Crippen molar-refractivity contribution in [1.82, 2.24) is 0 Å². The largest absolute Gasteiger partial charge is 0.325 e. The van der Waals surface area contributed by atoms with Gasteiger partial charge in [0.05, 0.1) is 13.1 Å². The van der Waals surface area contributed by atoms with E-state index in [1.165, 1.54) is 136 Å². The highest BCUT2D eigenvalue weighted by Gasteiger charge is 2.09. The minimum absolute atomic E-state index is 0.663. The Morgan fingerprint density at radius 3 is 0.516 bits per heavy atom. The third-order valence-corrected chi connectivity index (χ3v) is 12.3. The van der Waals surface area contributed by atoms with Crippen LogP contribution in [0.25, 0.3) is 33.4 Å². The third kappa shape index (κ3) is 16.3. The van der Waals surface area contributed by atoms with Gasteiger partial charge < -0.3 is 11.5 Å². The van der Waals surface area contributed by atoms with Crippen molar-refractivity contribution in [1.29, 1.82) is 0 Å². The Kier molecular flexibility index (Phi) is 20.2. The van der Waals surface area contributed by atoms with E-state index in [1.54, 1.807) is 0 Å². The maximum absolute atomic E-state index is 5.67. The van der Waals surface area contributed by atoms with Gasteiger partial charge in [0.1, 0.15) is 26.2 Å². The van der Waals surface area contributed by atoms with Gasteiger partial charge in [-0.2, -0.15) is 0 Å². The molecule has 0 atom stereocenters. The molecule has 0 saturated heterocycles. The number of nitrogens with two attached hydrogens (primary N) is 2. The number of aromatic nitrogens is 6. The molecule has 4 N–H and O–H groups in total. The molecule has 8 heteroatoms. The van der Waals surface area contributed by atoms with Crippen LogP contribution in [0.1, 0.15) is 103 Å². The van der Waals surface area contributed by atoms with E-state index in [4.69, 9.17) is 11.5 Å². The van der Waals surface area contributed by atoms with Gasteiger partial charge in [0.2, 0.25) is 0 Å². The van der Waals surface area contributed by atoms with Gasteiger partial charge in [0, 0.05) is 98.5 Å². The Hall–Kier alpha value is -5.18. The minimum Gasteiger partial charge on any atom is -0.325 e. The molecule has 0 fully saturated rings. The highest BCUT2D eigenvalue weighted by Crippen LogP contribution is 2.18. The molecule has 0 aliphatic carbocycles. The zero-order valence-corrected chi connectivity index (χ0v) is 37.7.